The van der Waals surface area contributed by atoms with Crippen LogP contribution in [0.2, 0.25) is 19.6 Å². The molecule has 0 saturated carbocycles. The molecule has 0 aliphatic heterocycles. The lowest BCUT2D eigenvalue weighted by Gasteiger charge is -2.41. The van der Waals surface area contributed by atoms with E-state index in [2.05, 4.69) is 140 Å². The summed E-state index contributed by atoms with van der Waals surface area (Å²) in [6.07, 6.45) is 6.15. The molecule has 0 aromatic heterocycles. The van der Waals surface area contributed by atoms with Crippen LogP contribution in [-0.2, 0) is 5.41 Å². The van der Waals surface area contributed by atoms with Gasteiger partial charge in [-0.3, -0.25) is 0 Å². The Bertz CT molecular complexity index is 1380. The van der Waals surface area contributed by atoms with E-state index >= 15 is 0 Å². The molecule has 3 aliphatic rings. The van der Waals surface area contributed by atoms with Crippen LogP contribution >= 0.6 is 47.8 Å². The Kier molecular flexibility index (Phi) is 4.61. The van der Waals surface area contributed by atoms with Gasteiger partial charge in [0.1, 0.15) is 0 Å². The molecule has 4 heteroatoms. The molecule has 0 fully saturated rings. The smallest absolute Gasteiger partial charge is 0.0723 e. The molecule has 0 N–H and O–H groups in total. The van der Waals surface area contributed by atoms with Crippen LogP contribution in [0.15, 0.2) is 87.3 Å². The molecular formula is C28H23Br3Si. The van der Waals surface area contributed by atoms with Gasteiger partial charge in [0.15, 0.2) is 0 Å². The minimum atomic E-state index is -1.54. The van der Waals surface area contributed by atoms with E-state index in [0.717, 1.165) is 15.4 Å². The van der Waals surface area contributed by atoms with Gasteiger partial charge in [0.25, 0.3) is 0 Å². The summed E-state index contributed by atoms with van der Waals surface area (Å²) >= 11 is 11.8. The number of fused-ring (bicyclic) bond motifs is 10. The molecular weight excluding hydrogens is 604 g/mol. The summed E-state index contributed by atoms with van der Waals surface area (Å²) in [5.74, 6) is 0. The Morgan fingerprint density at radius 1 is 0.750 bits per heavy atom. The van der Waals surface area contributed by atoms with E-state index in [1.165, 1.54) is 44.5 Å². The Labute approximate surface area is 216 Å². The predicted molar refractivity (Wildman–Crippen MR) is 149 cm³/mol. The molecule has 3 aromatic carbocycles. The van der Waals surface area contributed by atoms with Gasteiger partial charge in [-0.15, -0.1) is 0 Å². The lowest BCUT2D eigenvalue weighted by Crippen LogP contribution is -2.47. The molecule has 32 heavy (non-hydrogen) atoms. The van der Waals surface area contributed by atoms with Crippen molar-refractivity contribution < 1.29 is 0 Å². The molecule has 0 radical (unpaired) electrons. The SMILES string of the molecule is C[Si](C)(C)C1(Br)C=C2C(=CC1)c1ccc(Br)cc1C21c2ccccc2-c2ccc(Br)cc21. The fraction of sp³-hybridized carbons (Fsp3) is 0.214. The molecule has 3 aliphatic carbocycles. The van der Waals surface area contributed by atoms with Crippen LogP contribution in [0.1, 0.15) is 28.7 Å². The van der Waals surface area contributed by atoms with Gasteiger partial charge in [0, 0.05) is 12.9 Å². The third kappa shape index (κ3) is 2.64. The van der Waals surface area contributed by atoms with Gasteiger partial charge in [0.05, 0.1) is 13.5 Å². The predicted octanol–water partition coefficient (Wildman–Crippen LogP) is 9.26. The second kappa shape index (κ2) is 6.91. The largest absolute Gasteiger partial charge is 0.0841 e. The van der Waals surface area contributed by atoms with Crippen molar-refractivity contribution in [1.82, 2.24) is 0 Å². The number of rotatable bonds is 1. The molecule has 160 valence electrons. The van der Waals surface area contributed by atoms with Crippen molar-refractivity contribution >= 4 is 61.4 Å². The minimum absolute atomic E-state index is 0.0365. The molecule has 1 spiro atoms. The highest BCUT2D eigenvalue weighted by Crippen LogP contribution is 2.66. The van der Waals surface area contributed by atoms with E-state index in [0.29, 0.717) is 0 Å². The molecule has 3 aromatic rings. The topological polar surface area (TPSA) is 0 Å². The maximum Gasteiger partial charge on any atom is 0.0723 e. The monoisotopic (exact) mass is 624 g/mol. The van der Waals surface area contributed by atoms with Crippen LogP contribution in [0, 0.1) is 0 Å². The van der Waals surface area contributed by atoms with Gasteiger partial charge in [-0.1, -0.05) is 116 Å². The summed E-state index contributed by atoms with van der Waals surface area (Å²) in [6.45, 7) is 7.41. The summed E-state index contributed by atoms with van der Waals surface area (Å²) in [5.41, 5.74) is 10.8. The highest BCUT2D eigenvalue weighted by Gasteiger charge is 2.56. The standard InChI is InChI=1S/C28H23Br3Si/c1-32(2,3)27(31)13-12-22-21-11-9-18(30)15-25(21)28(26(22)16-27)23-7-5-4-6-19(23)20-10-8-17(29)14-24(20)28/h4-12,14-16H,13H2,1-3H3. The zero-order valence-electron chi connectivity index (χ0n) is 18.3. The number of allylic oxidation sites excluding steroid dienone is 4. The summed E-state index contributed by atoms with van der Waals surface area (Å²) < 4.78 is 2.30. The number of hydrogen-bond acceptors (Lipinski definition) is 0. The second-order valence-corrected chi connectivity index (χ2v) is 19.5. The van der Waals surface area contributed by atoms with Gasteiger partial charge in [-0.2, -0.15) is 0 Å². The van der Waals surface area contributed by atoms with E-state index in [1.807, 2.05) is 0 Å². The van der Waals surface area contributed by atoms with Crippen molar-refractivity contribution in [2.45, 2.75) is 35.4 Å². The van der Waals surface area contributed by atoms with E-state index < -0.39 is 8.07 Å². The third-order valence-corrected chi connectivity index (χ3v) is 15.5. The third-order valence-electron chi connectivity index (χ3n) is 7.60. The number of hydrogen-bond donors (Lipinski definition) is 0. The summed E-state index contributed by atoms with van der Waals surface area (Å²) in [5, 5.41) is 0. The average molecular weight is 627 g/mol. The molecule has 0 nitrogen and oxygen atoms in total. The molecule has 0 bridgehead atoms. The van der Waals surface area contributed by atoms with Gasteiger partial charge in [-0.25, -0.2) is 0 Å². The average Bonchev–Trinajstić information content (AvgIpc) is 3.18. The molecule has 0 saturated heterocycles. The van der Waals surface area contributed by atoms with Crippen LogP contribution in [0.25, 0.3) is 16.7 Å². The van der Waals surface area contributed by atoms with Crippen LogP contribution in [-0.4, -0.2) is 12.0 Å². The lowest BCUT2D eigenvalue weighted by molar-refractivity contribution is 0.774. The van der Waals surface area contributed by atoms with Crippen molar-refractivity contribution in [3.05, 3.63) is 110 Å². The molecule has 2 atom stereocenters. The number of alkyl halides is 1. The molecule has 6 rings (SSSR count). The van der Waals surface area contributed by atoms with Crippen molar-refractivity contribution in [2.24, 2.45) is 0 Å². The second-order valence-electron chi connectivity index (χ2n) is 10.2. The van der Waals surface area contributed by atoms with Gasteiger partial charge < -0.3 is 0 Å². The zero-order valence-corrected chi connectivity index (χ0v) is 24.0. The highest BCUT2D eigenvalue weighted by molar-refractivity contribution is 9.11. The minimum Gasteiger partial charge on any atom is -0.0841 e. The molecule has 2 unspecified atom stereocenters. The maximum absolute atomic E-state index is 4.26. The van der Waals surface area contributed by atoms with Gasteiger partial charge in [-0.05, 0) is 75.2 Å². The summed E-state index contributed by atoms with van der Waals surface area (Å²) in [7, 11) is -1.54. The number of benzene rings is 3. The first-order chi connectivity index (χ1) is 15.2. The fourth-order valence-electron chi connectivity index (χ4n) is 5.85. The normalized spacial score (nSPS) is 25.1. The first-order valence-electron chi connectivity index (χ1n) is 11.0. The fourth-order valence-corrected chi connectivity index (χ4v) is 8.26. The first-order valence-corrected chi connectivity index (χ1v) is 16.9. The Hall–Kier alpha value is -1.20. The van der Waals surface area contributed by atoms with E-state index in [9.17, 15) is 0 Å². The first kappa shape index (κ1) is 21.3. The van der Waals surface area contributed by atoms with Gasteiger partial charge in [0.2, 0.25) is 0 Å². The molecule has 0 heterocycles. The van der Waals surface area contributed by atoms with E-state index in [-0.39, 0.29) is 9.36 Å². The van der Waals surface area contributed by atoms with Crippen molar-refractivity contribution in [2.75, 3.05) is 0 Å². The van der Waals surface area contributed by atoms with Crippen LogP contribution in [0.3, 0.4) is 0 Å². The Morgan fingerprint density at radius 3 is 2.03 bits per heavy atom. The number of halogens is 3. The highest BCUT2D eigenvalue weighted by atomic mass is 79.9. The van der Waals surface area contributed by atoms with E-state index in [1.54, 1.807) is 0 Å². The quantitative estimate of drug-likeness (QED) is 0.187. The Morgan fingerprint density at radius 2 is 1.34 bits per heavy atom. The van der Waals surface area contributed by atoms with E-state index in [4.69, 9.17) is 0 Å². The van der Waals surface area contributed by atoms with Gasteiger partial charge >= 0.3 is 0 Å². The van der Waals surface area contributed by atoms with Crippen molar-refractivity contribution in [1.29, 1.82) is 0 Å². The van der Waals surface area contributed by atoms with Crippen LogP contribution in [0.5, 0.6) is 0 Å². The van der Waals surface area contributed by atoms with Crippen molar-refractivity contribution in [3.63, 3.8) is 0 Å². The summed E-state index contributed by atoms with van der Waals surface area (Å²) in [4.78, 5) is 0. The van der Waals surface area contributed by atoms with Crippen LogP contribution in [0.4, 0.5) is 0 Å². The molecule has 0 amide bonds. The summed E-state index contributed by atoms with van der Waals surface area (Å²) in [6, 6.07) is 22.7. The lowest BCUT2D eigenvalue weighted by atomic mass is 9.69. The Balaban J connectivity index is 1.80. The maximum atomic E-state index is 4.26. The van der Waals surface area contributed by atoms with Crippen LogP contribution < -0.4 is 0 Å². The van der Waals surface area contributed by atoms with Crippen molar-refractivity contribution in [3.8, 4) is 11.1 Å². The zero-order chi connectivity index (χ0) is 22.5.